The van der Waals surface area contributed by atoms with E-state index in [1.807, 2.05) is 20.8 Å². The summed E-state index contributed by atoms with van der Waals surface area (Å²) >= 11 is 0. The van der Waals surface area contributed by atoms with E-state index in [0.717, 1.165) is 21.9 Å². The van der Waals surface area contributed by atoms with E-state index in [-0.39, 0.29) is 35.4 Å². The predicted octanol–water partition coefficient (Wildman–Crippen LogP) is 3.83. The largest absolute Gasteiger partial charge is 0.438 e. The Morgan fingerprint density at radius 3 is 2.05 bits per heavy atom. The molecule has 4 aromatic rings. The summed E-state index contributed by atoms with van der Waals surface area (Å²) in [5.74, 6) is 0.691. The molecule has 2 aromatic heterocycles. The number of ether oxygens (including phenoxy) is 1. The van der Waals surface area contributed by atoms with Gasteiger partial charge >= 0.3 is 0 Å². The maximum absolute atomic E-state index is 12.8. The first-order chi connectivity index (χ1) is 18.1. The summed E-state index contributed by atoms with van der Waals surface area (Å²) in [7, 11) is -3.90. The van der Waals surface area contributed by atoms with Crippen molar-refractivity contribution in [3.05, 3.63) is 77.6 Å². The van der Waals surface area contributed by atoms with Crippen LogP contribution < -0.4 is 14.4 Å². The molecule has 194 valence electrons. The van der Waals surface area contributed by atoms with Crippen molar-refractivity contribution in [2.24, 2.45) is 0 Å². The number of sulfonamides is 1. The number of amides is 2. The predicted molar refractivity (Wildman–Crippen MR) is 139 cm³/mol. The van der Waals surface area contributed by atoms with Crippen molar-refractivity contribution < 1.29 is 22.7 Å². The van der Waals surface area contributed by atoms with Gasteiger partial charge in [-0.3, -0.25) is 19.2 Å². The van der Waals surface area contributed by atoms with E-state index < -0.39 is 10.0 Å². The minimum Gasteiger partial charge on any atom is -0.438 e. The molecule has 0 saturated carbocycles. The quantitative estimate of drug-likeness (QED) is 0.355. The number of anilines is 2. The van der Waals surface area contributed by atoms with Gasteiger partial charge in [-0.25, -0.2) is 13.1 Å². The van der Waals surface area contributed by atoms with Crippen molar-refractivity contribution in [1.29, 1.82) is 0 Å². The molecule has 1 N–H and O–H groups in total. The molecule has 12 heteroatoms. The summed E-state index contributed by atoms with van der Waals surface area (Å²) in [5.41, 5.74) is 3.67. The number of aromatic nitrogens is 4. The zero-order valence-electron chi connectivity index (χ0n) is 20.9. The fourth-order valence-corrected chi connectivity index (χ4v) is 5.05. The van der Waals surface area contributed by atoms with Gasteiger partial charge in [-0.2, -0.15) is 5.10 Å². The highest BCUT2D eigenvalue weighted by Gasteiger charge is 2.30. The Hall–Kier alpha value is -4.58. The van der Waals surface area contributed by atoms with Crippen LogP contribution in [0.15, 0.2) is 65.6 Å². The first-order valence-electron chi connectivity index (χ1n) is 11.8. The van der Waals surface area contributed by atoms with Crippen LogP contribution in [0.4, 0.5) is 11.4 Å². The molecule has 1 aliphatic heterocycles. The molecular weight excluding hydrogens is 508 g/mol. The molecule has 0 spiro atoms. The van der Waals surface area contributed by atoms with Crippen molar-refractivity contribution >= 4 is 33.2 Å². The second kappa shape index (κ2) is 9.71. The number of hydrogen-bond donors (Lipinski definition) is 1. The number of nitrogens with zero attached hydrogens (tertiary/aromatic N) is 5. The Kier molecular flexibility index (Phi) is 6.41. The summed E-state index contributed by atoms with van der Waals surface area (Å²) in [5, 5.41) is 12.8. The van der Waals surface area contributed by atoms with Crippen LogP contribution in [0.3, 0.4) is 0 Å². The SMILES string of the molecule is Cc1nn(-c2ccc(Oc3ccc(NS(=O)(=O)c4ccc(N5C(=O)CCC5=O)cc4)cc3)nn2)c(C)c1C. The number of carbonyl (C=O) groups excluding carboxylic acids is 2. The third-order valence-corrected chi connectivity index (χ3v) is 7.68. The van der Waals surface area contributed by atoms with Crippen LogP contribution in [0.5, 0.6) is 11.6 Å². The number of imide groups is 1. The maximum atomic E-state index is 12.8. The summed E-state index contributed by atoms with van der Waals surface area (Å²) in [4.78, 5) is 24.9. The average molecular weight is 533 g/mol. The number of aryl methyl sites for hydroxylation is 1. The molecular formula is C26H24N6O5S. The van der Waals surface area contributed by atoms with Crippen LogP contribution >= 0.6 is 0 Å². The molecule has 1 saturated heterocycles. The maximum Gasteiger partial charge on any atom is 0.261 e. The molecule has 0 aliphatic carbocycles. The van der Waals surface area contributed by atoms with Gasteiger partial charge in [0.2, 0.25) is 17.7 Å². The van der Waals surface area contributed by atoms with E-state index in [2.05, 4.69) is 20.0 Å². The van der Waals surface area contributed by atoms with Gasteiger partial charge in [0.25, 0.3) is 10.0 Å². The van der Waals surface area contributed by atoms with E-state index in [4.69, 9.17) is 4.74 Å². The fourth-order valence-electron chi connectivity index (χ4n) is 3.99. The van der Waals surface area contributed by atoms with Crippen molar-refractivity contribution in [1.82, 2.24) is 20.0 Å². The Balaban J connectivity index is 1.24. The lowest BCUT2D eigenvalue weighted by atomic mass is 10.2. The molecule has 1 aliphatic rings. The second-order valence-corrected chi connectivity index (χ2v) is 10.5. The molecule has 2 amide bonds. The Morgan fingerprint density at radius 1 is 0.842 bits per heavy atom. The molecule has 1 fully saturated rings. The highest BCUT2D eigenvalue weighted by molar-refractivity contribution is 7.92. The van der Waals surface area contributed by atoms with Crippen LogP contribution in [-0.4, -0.2) is 40.2 Å². The standard InChI is InChI=1S/C26H24N6O5S/c1-16-17(2)29-32(18(16)3)23-12-13-24(28-27-23)37-21-8-4-19(5-9-21)30-38(35,36)22-10-6-20(7-11-22)31-25(33)14-15-26(31)34/h4-13,30H,14-15H2,1-3H3. The number of rotatable bonds is 7. The van der Waals surface area contributed by atoms with E-state index >= 15 is 0 Å². The van der Waals surface area contributed by atoms with Crippen LogP contribution in [0.2, 0.25) is 0 Å². The summed E-state index contributed by atoms with van der Waals surface area (Å²) in [6.07, 6.45) is 0.310. The lowest BCUT2D eigenvalue weighted by Crippen LogP contribution is -2.28. The molecule has 0 unspecified atom stereocenters. The van der Waals surface area contributed by atoms with Crippen molar-refractivity contribution in [2.45, 2.75) is 38.5 Å². The van der Waals surface area contributed by atoms with Crippen LogP contribution in [0.1, 0.15) is 29.8 Å². The number of hydrogen-bond acceptors (Lipinski definition) is 8. The highest BCUT2D eigenvalue weighted by Crippen LogP contribution is 2.26. The number of nitrogens with one attached hydrogen (secondary N) is 1. The third-order valence-electron chi connectivity index (χ3n) is 6.28. The van der Waals surface area contributed by atoms with Gasteiger partial charge in [0.05, 0.1) is 16.3 Å². The average Bonchev–Trinajstić information content (AvgIpc) is 3.37. The smallest absolute Gasteiger partial charge is 0.261 e. The Bertz CT molecular complexity index is 1610. The van der Waals surface area contributed by atoms with Gasteiger partial charge < -0.3 is 4.74 Å². The molecule has 5 rings (SSSR count). The molecule has 11 nitrogen and oxygen atoms in total. The third kappa shape index (κ3) is 4.85. The van der Waals surface area contributed by atoms with E-state index in [9.17, 15) is 18.0 Å². The van der Waals surface area contributed by atoms with Gasteiger partial charge in [-0.15, -0.1) is 10.2 Å². The van der Waals surface area contributed by atoms with E-state index in [1.54, 1.807) is 41.1 Å². The first kappa shape index (κ1) is 25.1. The van der Waals surface area contributed by atoms with Gasteiger partial charge in [-0.1, -0.05) is 0 Å². The monoisotopic (exact) mass is 532 g/mol. The summed E-state index contributed by atoms with van der Waals surface area (Å²) in [6, 6.07) is 15.3. The highest BCUT2D eigenvalue weighted by atomic mass is 32.2. The number of carbonyl (C=O) groups is 2. The van der Waals surface area contributed by atoms with Gasteiger partial charge in [0.15, 0.2) is 5.82 Å². The molecule has 38 heavy (non-hydrogen) atoms. The van der Waals surface area contributed by atoms with E-state index in [0.29, 0.717) is 22.9 Å². The van der Waals surface area contributed by atoms with Gasteiger partial charge in [-0.05, 0) is 80.9 Å². The molecule has 2 aromatic carbocycles. The van der Waals surface area contributed by atoms with Crippen molar-refractivity contribution in [3.8, 4) is 17.4 Å². The fraction of sp³-hybridized carbons (Fsp3) is 0.192. The van der Waals surface area contributed by atoms with Crippen LogP contribution in [0, 0.1) is 20.8 Å². The zero-order valence-corrected chi connectivity index (χ0v) is 21.7. The summed E-state index contributed by atoms with van der Waals surface area (Å²) in [6.45, 7) is 5.90. The zero-order chi connectivity index (χ0) is 27.0. The lowest BCUT2D eigenvalue weighted by molar-refractivity contribution is -0.121. The molecule has 0 bridgehead atoms. The second-order valence-electron chi connectivity index (χ2n) is 8.79. The normalized spacial score (nSPS) is 13.7. The van der Waals surface area contributed by atoms with Crippen LogP contribution in [-0.2, 0) is 19.6 Å². The van der Waals surface area contributed by atoms with E-state index in [1.165, 1.54) is 24.3 Å². The van der Waals surface area contributed by atoms with Gasteiger partial charge in [0, 0.05) is 30.3 Å². The Labute approximate surface area is 219 Å². The lowest BCUT2D eigenvalue weighted by Gasteiger charge is -2.14. The van der Waals surface area contributed by atoms with Gasteiger partial charge in [0.1, 0.15) is 5.75 Å². The van der Waals surface area contributed by atoms with Crippen molar-refractivity contribution in [2.75, 3.05) is 9.62 Å². The number of benzene rings is 2. The van der Waals surface area contributed by atoms with Crippen molar-refractivity contribution in [3.63, 3.8) is 0 Å². The Morgan fingerprint density at radius 2 is 1.50 bits per heavy atom. The summed E-state index contributed by atoms with van der Waals surface area (Å²) < 4.78 is 35.6. The van der Waals surface area contributed by atoms with Crippen LogP contribution in [0.25, 0.3) is 5.82 Å². The minimum absolute atomic E-state index is 0.00570. The molecule has 0 atom stereocenters. The minimum atomic E-state index is -3.90. The first-order valence-corrected chi connectivity index (χ1v) is 13.2. The topological polar surface area (TPSA) is 136 Å². The molecule has 0 radical (unpaired) electrons. The molecule has 3 heterocycles.